The molecule has 0 N–H and O–H groups in total. The highest BCUT2D eigenvalue weighted by molar-refractivity contribution is 7.90. The SMILES string of the molecule is CC[C@H](C)[C@@H](C(=O)OC)N(C/C=C/C1CCCCC1)S(=O)(=O)C(F)(F)F. The maximum absolute atomic E-state index is 13.2. The van der Waals surface area contributed by atoms with E-state index in [4.69, 9.17) is 0 Å². The summed E-state index contributed by atoms with van der Waals surface area (Å²) < 4.78 is 68.4. The van der Waals surface area contributed by atoms with Gasteiger partial charge in [0, 0.05) is 6.54 Å². The summed E-state index contributed by atoms with van der Waals surface area (Å²) in [5.41, 5.74) is -5.48. The molecule has 152 valence electrons. The molecule has 0 aromatic heterocycles. The van der Waals surface area contributed by atoms with E-state index in [1.807, 2.05) is 0 Å². The third kappa shape index (κ3) is 5.70. The fraction of sp³-hybridized carbons (Fsp3) is 0.824. The van der Waals surface area contributed by atoms with Crippen LogP contribution in [0.15, 0.2) is 12.2 Å². The Bertz CT molecular complexity index is 583. The molecule has 0 saturated heterocycles. The Labute approximate surface area is 153 Å². The number of carbonyl (C=O) groups excluding carboxylic acids is 1. The zero-order valence-corrected chi connectivity index (χ0v) is 16.3. The third-order valence-electron chi connectivity index (χ3n) is 4.88. The molecule has 1 fully saturated rings. The van der Waals surface area contributed by atoms with E-state index >= 15 is 0 Å². The molecule has 0 heterocycles. The smallest absolute Gasteiger partial charge is 0.468 e. The Morgan fingerprint density at radius 1 is 1.27 bits per heavy atom. The van der Waals surface area contributed by atoms with Crippen molar-refractivity contribution in [3.63, 3.8) is 0 Å². The molecule has 1 rings (SSSR count). The van der Waals surface area contributed by atoms with Crippen LogP contribution < -0.4 is 0 Å². The predicted molar refractivity (Wildman–Crippen MR) is 92.7 cm³/mol. The summed E-state index contributed by atoms with van der Waals surface area (Å²) in [6, 6.07) is -1.52. The first-order chi connectivity index (χ1) is 12.1. The van der Waals surface area contributed by atoms with Gasteiger partial charge in [-0.05, 0) is 24.7 Å². The van der Waals surface area contributed by atoms with Crippen LogP contribution in [-0.4, -0.2) is 43.9 Å². The molecule has 0 aromatic rings. The second kappa shape index (κ2) is 9.73. The van der Waals surface area contributed by atoms with E-state index in [-0.39, 0.29) is 10.2 Å². The van der Waals surface area contributed by atoms with Crippen LogP contribution in [0.3, 0.4) is 0 Å². The van der Waals surface area contributed by atoms with Crippen LogP contribution in [0.5, 0.6) is 0 Å². The van der Waals surface area contributed by atoms with E-state index in [1.165, 1.54) is 13.0 Å². The van der Waals surface area contributed by atoms with Crippen molar-refractivity contribution < 1.29 is 31.1 Å². The third-order valence-corrected chi connectivity index (χ3v) is 6.46. The summed E-state index contributed by atoms with van der Waals surface area (Å²) in [5.74, 6) is -1.37. The van der Waals surface area contributed by atoms with E-state index < -0.39 is 40.0 Å². The van der Waals surface area contributed by atoms with Crippen molar-refractivity contribution in [2.45, 2.75) is 63.9 Å². The summed E-state index contributed by atoms with van der Waals surface area (Å²) in [6.45, 7) is 2.70. The number of ether oxygens (including phenoxy) is 1. The van der Waals surface area contributed by atoms with Gasteiger partial charge in [0.15, 0.2) is 0 Å². The molecular formula is C17H28F3NO4S. The summed E-state index contributed by atoms with van der Waals surface area (Å²) in [4.78, 5) is 12.1. The first-order valence-corrected chi connectivity index (χ1v) is 10.3. The molecule has 26 heavy (non-hydrogen) atoms. The van der Waals surface area contributed by atoms with Gasteiger partial charge in [0.1, 0.15) is 6.04 Å². The number of carbonyl (C=O) groups is 1. The lowest BCUT2D eigenvalue weighted by molar-refractivity contribution is -0.147. The van der Waals surface area contributed by atoms with Crippen LogP contribution in [0.1, 0.15) is 52.4 Å². The maximum Gasteiger partial charge on any atom is 0.511 e. The Morgan fingerprint density at radius 3 is 2.31 bits per heavy atom. The highest BCUT2D eigenvalue weighted by Gasteiger charge is 2.53. The average molecular weight is 399 g/mol. The van der Waals surface area contributed by atoms with Gasteiger partial charge in [-0.25, -0.2) is 8.42 Å². The van der Waals surface area contributed by atoms with Gasteiger partial charge in [0.2, 0.25) is 0 Å². The van der Waals surface area contributed by atoms with Gasteiger partial charge in [0.05, 0.1) is 7.11 Å². The summed E-state index contributed by atoms with van der Waals surface area (Å²) in [6.07, 6.45) is 8.64. The van der Waals surface area contributed by atoms with Crippen molar-refractivity contribution >= 4 is 16.0 Å². The lowest BCUT2D eigenvalue weighted by Crippen LogP contribution is -2.53. The van der Waals surface area contributed by atoms with Crippen molar-refractivity contribution in [3.8, 4) is 0 Å². The molecule has 5 nitrogen and oxygen atoms in total. The topological polar surface area (TPSA) is 63.7 Å². The molecule has 1 saturated carbocycles. The van der Waals surface area contributed by atoms with Crippen LogP contribution in [0, 0.1) is 11.8 Å². The van der Waals surface area contributed by atoms with E-state index in [0.29, 0.717) is 6.42 Å². The summed E-state index contributed by atoms with van der Waals surface area (Å²) >= 11 is 0. The zero-order chi connectivity index (χ0) is 20.0. The highest BCUT2D eigenvalue weighted by atomic mass is 32.2. The minimum Gasteiger partial charge on any atom is -0.468 e. The van der Waals surface area contributed by atoms with E-state index in [2.05, 4.69) is 4.74 Å². The lowest BCUT2D eigenvalue weighted by Gasteiger charge is -2.32. The molecule has 9 heteroatoms. The molecule has 1 aliphatic rings. The number of esters is 1. The van der Waals surface area contributed by atoms with Crippen LogP contribution in [0.25, 0.3) is 0 Å². The number of methoxy groups -OCH3 is 1. The number of hydrogen-bond acceptors (Lipinski definition) is 4. The summed E-state index contributed by atoms with van der Waals surface area (Å²) in [7, 11) is -4.63. The Hall–Kier alpha value is -1.09. The predicted octanol–water partition coefficient (Wildman–Crippen LogP) is 3.86. The molecule has 0 unspecified atom stereocenters. The first kappa shape index (κ1) is 23.0. The minimum atomic E-state index is -5.67. The average Bonchev–Trinajstić information content (AvgIpc) is 2.59. The molecule has 0 spiro atoms. The van der Waals surface area contributed by atoms with Gasteiger partial charge in [-0.15, -0.1) is 0 Å². The Kier molecular flexibility index (Phi) is 8.59. The van der Waals surface area contributed by atoms with E-state index in [1.54, 1.807) is 13.0 Å². The highest BCUT2D eigenvalue weighted by Crippen LogP contribution is 2.31. The second-order valence-electron chi connectivity index (χ2n) is 6.70. The van der Waals surface area contributed by atoms with Crippen LogP contribution in [-0.2, 0) is 19.6 Å². The Balaban J connectivity index is 3.15. The van der Waals surface area contributed by atoms with E-state index in [9.17, 15) is 26.4 Å². The molecule has 0 bridgehead atoms. The van der Waals surface area contributed by atoms with Gasteiger partial charge in [-0.2, -0.15) is 17.5 Å². The fourth-order valence-corrected chi connectivity index (χ4v) is 4.30. The minimum absolute atomic E-state index is 0.228. The summed E-state index contributed by atoms with van der Waals surface area (Å²) in [5, 5.41) is 0. The van der Waals surface area contributed by atoms with Crippen LogP contribution in [0.2, 0.25) is 0 Å². The van der Waals surface area contributed by atoms with Gasteiger partial charge in [-0.1, -0.05) is 51.7 Å². The van der Waals surface area contributed by atoms with Crippen molar-refractivity contribution in [2.75, 3.05) is 13.7 Å². The number of sulfonamides is 1. The first-order valence-electron chi connectivity index (χ1n) is 8.88. The number of nitrogens with zero attached hydrogens (tertiary/aromatic N) is 1. The molecule has 2 atom stereocenters. The monoisotopic (exact) mass is 399 g/mol. The molecule has 0 aromatic carbocycles. The van der Waals surface area contributed by atoms with Crippen molar-refractivity contribution in [1.29, 1.82) is 0 Å². The number of hydrogen-bond donors (Lipinski definition) is 0. The zero-order valence-electron chi connectivity index (χ0n) is 15.5. The van der Waals surface area contributed by atoms with Gasteiger partial charge >= 0.3 is 21.5 Å². The number of alkyl halides is 3. The molecule has 0 radical (unpaired) electrons. The van der Waals surface area contributed by atoms with Crippen molar-refractivity contribution in [2.24, 2.45) is 11.8 Å². The van der Waals surface area contributed by atoms with E-state index in [0.717, 1.165) is 39.2 Å². The van der Waals surface area contributed by atoms with Crippen molar-refractivity contribution in [1.82, 2.24) is 4.31 Å². The van der Waals surface area contributed by atoms with Gasteiger partial charge in [0.25, 0.3) is 0 Å². The normalized spacial score (nSPS) is 19.7. The quantitative estimate of drug-likeness (QED) is 0.459. The molecule has 1 aliphatic carbocycles. The largest absolute Gasteiger partial charge is 0.511 e. The molecule has 0 aliphatic heterocycles. The van der Waals surface area contributed by atoms with Crippen LogP contribution in [0.4, 0.5) is 13.2 Å². The molecule has 0 amide bonds. The molecular weight excluding hydrogens is 371 g/mol. The van der Waals surface area contributed by atoms with Gasteiger partial charge in [-0.3, -0.25) is 4.79 Å². The Morgan fingerprint density at radius 2 is 1.85 bits per heavy atom. The van der Waals surface area contributed by atoms with Gasteiger partial charge < -0.3 is 4.74 Å². The fourth-order valence-electron chi connectivity index (χ4n) is 3.16. The second-order valence-corrected chi connectivity index (χ2v) is 8.58. The van der Waals surface area contributed by atoms with Crippen LogP contribution >= 0.6 is 0 Å². The maximum atomic E-state index is 13.2. The standard InChI is InChI=1S/C17H28F3NO4S/c1-4-13(2)15(16(22)25-3)21(26(23,24)17(18,19)20)12-8-11-14-9-6-5-7-10-14/h8,11,13-15H,4-7,9-10,12H2,1-3H3/b11-8+/t13-,15-/m0/s1. The van der Waals surface area contributed by atoms with Crippen molar-refractivity contribution in [3.05, 3.63) is 12.2 Å². The number of halogens is 3. The lowest BCUT2D eigenvalue weighted by atomic mass is 9.89. The number of rotatable bonds is 8. The number of allylic oxidation sites excluding steroid dienone is 1.